The molecule has 1 atom stereocenters. The number of ether oxygens (including phenoxy) is 2. The fraction of sp³-hybridized carbons (Fsp3) is 0.600. The Labute approximate surface area is 124 Å². The lowest BCUT2D eigenvalue weighted by Crippen LogP contribution is -2.39. The zero-order chi connectivity index (χ0) is 15.7. The molecule has 1 rings (SSSR count). The molecule has 0 aliphatic carbocycles. The number of halogens is 1. The molecular formula is C15H24FNO4. The van der Waals surface area contributed by atoms with Crippen LogP contribution in [0.5, 0.6) is 0 Å². The molecule has 0 amide bonds. The lowest BCUT2D eigenvalue weighted by Gasteiger charge is -2.33. The molecule has 21 heavy (non-hydrogen) atoms. The first-order chi connectivity index (χ1) is 10.2. The van der Waals surface area contributed by atoms with Gasteiger partial charge in [-0.1, -0.05) is 18.2 Å². The van der Waals surface area contributed by atoms with Crippen LogP contribution in [0.1, 0.15) is 18.0 Å². The minimum Gasteiger partial charge on any atom is -0.396 e. The third-order valence-electron chi connectivity index (χ3n) is 3.40. The van der Waals surface area contributed by atoms with Crippen molar-refractivity contribution in [2.45, 2.75) is 18.8 Å². The van der Waals surface area contributed by atoms with Gasteiger partial charge < -0.3 is 19.7 Å². The van der Waals surface area contributed by atoms with Crippen molar-refractivity contribution in [1.29, 1.82) is 0 Å². The van der Waals surface area contributed by atoms with Gasteiger partial charge in [0, 0.05) is 39.0 Å². The highest BCUT2D eigenvalue weighted by molar-refractivity contribution is 5.21. The Morgan fingerprint density at radius 2 is 1.81 bits per heavy atom. The van der Waals surface area contributed by atoms with E-state index < -0.39 is 6.29 Å². The third kappa shape index (κ3) is 5.33. The van der Waals surface area contributed by atoms with Crippen LogP contribution in [-0.4, -0.2) is 61.9 Å². The summed E-state index contributed by atoms with van der Waals surface area (Å²) in [6.07, 6.45) is -0.120. The predicted octanol–water partition coefficient (Wildman–Crippen LogP) is 1.16. The first-order valence-electron chi connectivity index (χ1n) is 6.93. The van der Waals surface area contributed by atoms with E-state index >= 15 is 0 Å². The van der Waals surface area contributed by atoms with E-state index in [4.69, 9.17) is 9.47 Å². The number of hydrogen-bond acceptors (Lipinski definition) is 5. The quantitative estimate of drug-likeness (QED) is 0.635. The number of nitrogens with zero attached hydrogens (tertiary/aromatic N) is 1. The van der Waals surface area contributed by atoms with Crippen LogP contribution in [-0.2, 0) is 9.47 Å². The summed E-state index contributed by atoms with van der Waals surface area (Å²) in [7, 11) is 3.05. The fourth-order valence-corrected chi connectivity index (χ4v) is 2.34. The molecule has 0 fully saturated rings. The highest BCUT2D eigenvalue weighted by Crippen LogP contribution is 2.26. The minimum atomic E-state index is -0.482. The second kappa shape index (κ2) is 9.81. The van der Waals surface area contributed by atoms with Gasteiger partial charge in [0.1, 0.15) is 5.82 Å². The second-order valence-corrected chi connectivity index (χ2v) is 4.67. The highest BCUT2D eigenvalue weighted by Gasteiger charge is 2.25. The van der Waals surface area contributed by atoms with Gasteiger partial charge in [0.25, 0.3) is 0 Å². The average Bonchev–Trinajstić information content (AvgIpc) is 2.50. The fourth-order valence-electron chi connectivity index (χ4n) is 2.34. The van der Waals surface area contributed by atoms with Crippen LogP contribution in [0.2, 0.25) is 0 Å². The second-order valence-electron chi connectivity index (χ2n) is 4.67. The number of hydrogen-bond donors (Lipinski definition) is 2. The van der Waals surface area contributed by atoms with Gasteiger partial charge in [0.2, 0.25) is 0 Å². The Hall–Kier alpha value is -1.05. The first kappa shape index (κ1) is 18.0. The van der Waals surface area contributed by atoms with Gasteiger partial charge in [-0.15, -0.1) is 0 Å². The summed E-state index contributed by atoms with van der Waals surface area (Å²) in [6.45, 7) is 0.552. The number of benzene rings is 1. The van der Waals surface area contributed by atoms with E-state index in [1.54, 1.807) is 18.2 Å². The van der Waals surface area contributed by atoms with Gasteiger partial charge in [0.15, 0.2) is 6.29 Å². The van der Waals surface area contributed by atoms with Crippen molar-refractivity contribution in [2.24, 2.45) is 0 Å². The summed E-state index contributed by atoms with van der Waals surface area (Å²) < 4.78 is 24.4. The Balaban J connectivity index is 2.99. The molecule has 0 spiro atoms. The van der Waals surface area contributed by atoms with Crippen molar-refractivity contribution in [3.05, 3.63) is 35.6 Å². The van der Waals surface area contributed by atoms with Crippen LogP contribution >= 0.6 is 0 Å². The standard InChI is InChI=1S/C15H24FNO4/c1-20-15(21-2)11-17(8-10-19)14(7-9-18)12-5-3-4-6-13(12)16/h3-6,14-15,18-19H,7-11H2,1-2H3. The molecule has 0 aliphatic rings. The van der Waals surface area contributed by atoms with E-state index in [9.17, 15) is 14.6 Å². The van der Waals surface area contributed by atoms with Crippen LogP contribution in [0.25, 0.3) is 0 Å². The van der Waals surface area contributed by atoms with Crippen LogP contribution in [0.15, 0.2) is 24.3 Å². The maximum Gasteiger partial charge on any atom is 0.169 e. The Bertz CT molecular complexity index is 401. The SMILES string of the molecule is COC(CN(CCO)C(CCO)c1ccccc1F)OC. The molecule has 0 saturated carbocycles. The van der Waals surface area contributed by atoms with Gasteiger partial charge >= 0.3 is 0 Å². The predicted molar refractivity (Wildman–Crippen MR) is 77.3 cm³/mol. The summed E-state index contributed by atoms with van der Waals surface area (Å²) in [5, 5.41) is 18.5. The van der Waals surface area contributed by atoms with Crippen molar-refractivity contribution in [2.75, 3.05) is 40.5 Å². The smallest absolute Gasteiger partial charge is 0.169 e. The zero-order valence-corrected chi connectivity index (χ0v) is 12.5. The molecule has 0 saturated heterocycles. The molecule has 0 bridgehead atoms. The summed E-state index contributed by atoms with van der Waals surface area (Å²) >= 11 is 0. The molecule has 1 aromatic carbocycles. The number of aliphatic hydroxyl groups is 2. The van der Waals surface area contributed by atoms with E-state index in [2.05, 4.69) is 0 Å². The van der Waals surface area contributed by atoms with Crippen LogP contribution < -0.4 is 0 Å². The lowest BCUT2D eigenvalue weighted by atomic mass is 10.0. The largest absolute Gasteiger partial charge is 0.396 e. The van der Waals surface area contributed by atoms with Gasteiger partial charge in [-0.3, -0.25) is 4.90 Å². The van der Waals surface area contributed by atoms with E-state index in [1.165, 1.54) is 20.3 Å². The maximum atomic E-state index is 14.0. The molecule has 1 unspecified atom stereocenters. The van der Waals surface area contributed by atoms with Crippen molar-refractivity contribution in [1.82, 2.24) is 4.90 Å². The van der Waals surface area contributed by atoms with E-state index in [1.807, 2.05) is 4.90 Å². The zero-order valence-electron chi connectivity index (χ0n) is 12.5. The monoisotopic (exact) mass is 301 g/mol. The molecule has 6 heteroatoms. The molecule has 5 nitrogen and oxygen atoms in total. The maximum absolute atomic E-state index is 14.0. The van der Waals surface area contributed by atoms with Crippen molar-refractivity contribution >= 4 is 0 Å². The van der Waals surface area contributed by atoms with E-state index in [-0.39, 0.29) is 25.1 Å². The topological polar surface area (TPSA) is 62.2 Å². The highest BCUT2D eigenvalue weighted by atomic mass is 19.1. The minimum absolute atomic E-state index is 0.0729. The summed E-state index contributed by atoms with van der Waals surface area (Å²) in [4.78, 5) is 1.85. The molecule has 120 valence electrons. The average molecular weight is 301 g/mol. The molecule has 1 aromatic rings. The number of aliphatic hydroxyl groups excluding tert-OH is 2. The summed E-state index contributed by atoms with van der Waals surface area (Å²) in [5.41, 5.74) is 0.492. The Morgan fingerprint density at radius 1 is 1.14 bits per heavy atom. The Kier molecular flexibility index (Phi) is 8.41. The molecule has 0 radical (unpaired) electrons. The third-order valence-corrected chi connectivity index (χ3v) is 3.40. The normalized spacial score (nSPS) is 13.1. The van der Waals surface area contributed by atoms with E-state index in [0.29, 0.717) is 25.1 Å². The molecule has 2 N–H and O–H groups in total. The van der Waals surface area contributed by atoms with Crippen molar-refractivity contribution in [3.63, 3.8) is 0 Å². The van der Waals surface area contributed by atoms with Crippen molar-refractivity contribution in [3.8, 4) is 0 Å². The summed E-state index contributed by atoms with van der Waals surface area (Å²) in [6, 6.07) is 6.11. The molecule has 0 heterocycles. The van der Waals surface area contributed by atoms with Crippen molar-refractivity contribution < 1.29 is 24.1 Å². The lowest BCUT2D eigenvalue weighted by molar-refractivity contribution is -0.122. The molecular weight excluding hydrogens is 277 g/mol. The Morgan fingerprint density at radius 3 is 2.33 bits per heavy atom. The van der Waals surface area contributed by atoms with Gasteiger partial charge in [-0.2, -0.15) is 0 Å². The van der Waals surface area contributed by atoms with Gasteiger partial charge in [-0.05, 0) is 12.5 Å². The number of rotatable bonds is 10. The first-order valence-corrected chi connectivity index (χ1v) is 6.93. The van der Waals surface area contributed by atoms with E-state index in [0.717, 1.165) is 0 Å². The van der Waals surface area contributed by atoms with Gasteiger partial charge in [-0.25, -0.2) is 4.39 Å². The molecule has 0 aromatic heterocycles. The summed E-state index contributed by atoms with van der Waals surface area (Å²) in [5.74, 6) is -0.328. The number of methoxy groups -OCH3 is 2. The van der Waals surface area contributed by atoms with Crippen LogP contribution in [0.4, 0.5) is 4.39 Å². The van der Waals surface area contributed by atoms with Gasteiger partial charge in [0.05, 0.1) is 13.2 Å². The van der Waals surface area contributed by atoms with Crippen LogP contribution in [0, 0.1) is 5.82 Å². The van der Waals surface area contributed by atoms with Crippen LogP contribution in [0.3, 0.4) is 0 Å². The molecule has 0 aliphatic heterocycles.